The molecule has 1 rings (SSSR count). The number of Topliss-reactive ketones (excluding diaryl/α,β-unsaturated/α-hetero) is 1. The molecule has 0 saturated heterocycles. The van der Waals surface area contributed by atoms with Gasteiger partial charge in [0.05, 0.1) is 7.11 Å². The fraction of sp³-hybridized carbons (Fsp3) is 0.533. The van der Waals surface area contributed by atoms with Crippen LogP contribution in [0.2, 0.25) is 0 Å². The molecular weight excluding hydrogens is 212 g/mol. The molecule has 0 aliphatic carbocycles. The van der Waals surface area contributed by atoms with Crippen molar-refractivity contribution in [1.82, 2.24) is 0 Å². The Kier molecular flexibility index (Phi) is 4.33. The van der Waals surface area contributed by atoms with Crippen LogP contribution >= 0.6 is 0 Å². The molecule has 0 radical (unpaired) electrons. The van der Waals surface area contributed by atoms with Crippen LogP contribution in [0, 0.1) is 5.41 Å². The summed E-state index contributed by atoms with van der Waals surface area (Å²) >= 11 is 0. The first kappa shape index (κ1) is 13.8. The number of carbonyl (C=O) groups is 1. The third kappa shape index (κ3) is 4.59. The van der Waals surface area contributed by atoms with Crippen molar-refractivity contribution in [3.05, 3.63) is 29.3 Å². The van der Waals surface area contributed by atoms with Gasteiger partial charge in [-0.05, 0) is 30.4 Å². The van der Waals surface area contributed by atoms with Crippen molar-refractivity contribution in [1.29, 1.82) is 0 Å². The molecule has 0 aliphatic heterocycles. The third-order valence-electron chi connectivity index (χ3n) is 2.52. The standard InChI is InChI=1S/C15H22O2/c1-11(16)8-13-9-12(10-15(2,3)4)6-7-14(13)17-5/h6-7,9H,8,10H2,1-5H3. The van der Waals surface area contributed by atoms with E-state index in [0.717, 1.165) is 17.7 Å². The second kappa shape index (κ2) is 5.35. The van der Waals surface area contributed by atoms with Gasteiger partial charge in [-0.15, -0.1) is 0 Å². The number of ether oxygens (including phenoxy) is 1. The summed E-state index contributed by atoms with van der Waals surface area (Å²) in [6.07, 6.45) is 1.45. The van der Waals surface area contributed by atoms with Gasteiger partial charge in [0, 0.05) is 12.0 Å². The maximum atomic E-state index is 11.2. The molecule has 1 aromatic carbocycles. The Labute approximate surface area is 104 Å². The SMILES string of the molecule is COc1ccc(CC(C)(C)C)cc1CC(C)=O. The smallest absolute Gasteiger partial charge is 0.134 e. The van der Waals surface area contributed by atoms with Gasteiger partial charge in [0.15, 0.2) is 0 Å². The lowest BCUT2D eigenvalue weighted by Crippen LogP contribution is -2.10. The molecule has 0 amide bonds. The Balaban J connectivity index is 3.00. The Hall–Kier alpha value is -1.31. The van der Waals surface area contributed by atoms with Crippen LogP contribution in [0.1, 0.15) is 38.8 Å². The van der Waals surface area contributed by atoms with E-state index in [4.69, 9.17) is 4.74 Å². The first-order valence-electron chi connectivity index (χ1n) is 5.97. The number of rotatable bonds is 4. The van der Waals surface area contributed by atoms with Crippen molar-refractivity contribution < 1.29 is 9.53 Å². The summed E-state index contributed by atoms with van der Waals surface area (Å²) in [5, 5.41) is 0. The third-order valence-corrected chi connectivity index (χ3v) is 2.52. The van der Waals surface area contributed by atoms with Gasteiger partial charge in [-0.1, -0.05) is 32.9 Å². The topological polar surface area (TPSA) is 26.3 Å². The molecule has 0 fully saturated rings. The molecule has 2 nitrogen and oxygen atoms in total. The molecule has 0 unspecified atom stereocenters. The molecule has 1 aromatic rings. The summed E-state index contributed by atoms with van der Waals surface area (Å²) in [6, 6.07) is 6.12. The molecule has 0 aromatic heterocycles. The van der Waals surface area contributed by atoms with Crippen LogP contribution < -0.4 is 4.74 Å². The minimum absolute atomic E-state index is 0.163. The molecule has 17 heavy (non-hydrogen) atoms. The van der Waals surface area contributed by atoms with E-state index in [1.54, 1.807) is 14.0 Å². The minimum atomic E-state index is 0.163. The molecule has 94 valence electrons. The Morgan fingerprint density at radius 3 is 2.41 bits per heavy atom. The first-order valence-corrected chi connectivity index (χ1v) is 5.97. The number of ketones is 1. The molecule has 2 heteroatoms. The zero-order valence-electron chi connectivity index (χ0n) is 11.5. The lowest BCUT2D eigenvalue weighted by atomic mass is 9.87. The Bertz CT molecular complexity index is 400. The zero-order valence-corrected chi connectivity index (χ0v) is 11.5. The van der Waals surface area contributed by atoms with Gasteiger partial charge < -0.3 is 4.74 Å². The summed E-state index contributed by atoms with van der Waals surface area (Å²) in [6.45, 7) is 8.24. The first-order chi connectivity index (χ1) is 7.81. The Morgan fingerprint density at radius 1 is 1.29 bits per heavy atom. The van der Waals surface area contributed by atoms with Crippen LogP contribution in [-0.2, 0) is 17.6 Å². The van der Waals surface area contributed by atoms with Gasteiger partial charge in [-0.2, -0.15) is 0 Å². The fourth-order valence-electron chi connectivity index (χ4n) is 1.96. The molecule has 0 bridgehead atoms. The number of hydrogen-bond donors (Lipinski definition) is 0. The average Bonchev–Trinajstić information content (AvgIpc) is 2.14. The highest BCUT2D eigenvalue weighted by Crippen LogP contribution is 2.25. The molecule has 0 spiro atoms. The molecule has 0 saturated carbocycles. The fourth-order valence-corrected chi connectivity index (χ4v) is 1.96. The van der Waals surface area contributed by atoms with E-state index in [1.807, 2.05) is 6.07 Å². The highest BCUT2D eigenvalue weighted by Gasteiger charge is 2.13. The minimum Gasteiger partial charge on any atom is -0.496 e. The van der Waals surface area contributed by atoms with Crippen LogP contribution in [0.4, 0.5) is 0 Å². The molecule has 0 heterocycles. The van der Waals surface area contributed by atoms with Crippen molar-refractivity contribution in [2.75, 3.05) is 7.11 Å². The van der Waals surface area contributed by atoms with E-state index in [-0.39, 0.29) is 11.2 Å². The summed E-state index contributed by atoms with van der Waals surface area (Å²) < 4.78 is 5.28. The van der Waals surface area contributed by atoms with Gasteiger partial charge in [-0.3, -0.25) is 4.79 Å². The van der Waals surface area contributed by atoms with E-state index >= 15 is 0 Å². The highest BCUT2D eigenvalue weighted by molar-refractivity contribution is 5.79. The average molecular weight is 234 g/mol. The lowest BCUT2D eigenvalue weighted by Gasteiger charge is -2.19. The van der Waals surface area contributed by atoms with Crippen molar-refractivity contribution in [2.24, 2.45) is 5.41 Å². The maximum absolute atomic E-state index is 11.2. The summed E-state index contributed by atoms with van der Waals surface area (Å²) in [5.74, 6) is 0.967. The number of methoxy groups -OCH3 is 1. The van der Waals surface area contributed by atoms with Gasteiger partial charge in [-0.25, -0.2) is 0 Å². The highest BCUT2D eigenvalue weighted by atomic mass is 16.5. The van der Waals surface area contributed by atoms with Crippen molar-refractivity contribution >= 4 is 5.78 Å². The monoisotopic (exact) mass is 234 g/mol. The molecule has 0 aliphatic rings. The number of hydrogen-bond acceptors (Lipinski definition) is 2. The molecule has 0 atom stereocenters. The summed E-state index contributed by atoms with van der Waals surface area (Å²) in [4.78, 5) is 11.2. The van der Waals surface area contributed by atoms with E-state index in [1.165, 1.54) is 5.56 Å². The largest absolute Gasteiger partial charge is 0.496 e. The van der Waals surface area contributed by atoms with Crippen molar-refractivity contribution in [3.63, 3.8) is 0 Å². The van der Waals surface area contributed by atoms with Crippen LogP contribution in [0.3, 0.4) is 0 Å². The predicted molar refractivity (Wildman–Crippen MR) is 70.5 cm³/mol. The Morgan fingerprint density at radius 2 is 1.94 bits per heavy atom. The molecule has 0 N–H and O–H groups in total. The van der Waals surface area contributed by atoms with Crippen LogP contribution in [0.5, 0.6) is 5.75 Å². The van der Waals surface area contributed by atoms with Crippen molar-refractivity contribution in [2.45, 2.75) is 40.5 Å². The summed E-state index contributed by atoms with van der Waals surface area (Å²) in [7, 11) is 1.64. The molecular formula is C15H22O2. The van der Waals surface area contributed by atoms with Crippen LogP contribution in [0.15, 0.2) is 18.2 Å². The van der Waals surface area contributed by atoms with Crippen LogP contribution in [0.25, 0.3) is 0 Å². The lowest BCUT2D eigenvalue weighted by molar-refractivity contribution is -0.116. The number of carbonyl (C=O) groups excluding carboxylic acids is 1. The maximum Gasteiger partial charge on any atom is 0.134 e. The summed E-state index contributed by atoms with van der Waals surface area (Å²) in [5.41, 5.74) is 2.50. The van der Waals surface area contributed by atoms with Gasteiger partial charge in [0.1, 0.15) is 11.5 Å². The van der Waals surface area contributed by atoms with Gasteiger partial charge in [0.2, 0.25) is 0 Å². The van der Waals surface area contributed by atoms with Gasteiger partial charge >= 0.3 is 0 Å². The van der Waals surface area contributed by atoms with Crippen molar-refractivity contribution in [3.8, 4) is 5.75 Å². The van der Waals surface area contributed by atoms with E-state index in [0.29, 0.717) is 6.42 Å². The van der Waals surface area contributed by atoms with E-state index in [9.17, 15) is 4.79 Å². The normalized spacial score (nSPS) is 11.4. The van der Waals surface area contributed by atoms with E-state index in [2.05, 4.69) is 32.9 Å². The second-order valence-corrected chi connectivity index (χ2v) is 5.76. The second-order valence-electron chi connectivity index (χ2n) is 5.76. The quantitative estimate of drug-likeness (QED) is 0.798. The van der Waals surface area contributed by atoms with Gasteiger partial charge in [0.25, 0.3) is 0 Å². The predicted octanol–water partition coefficient (Wildman–Crippen LogP) is 3.42. The van der Waals surface area contributed by atoms with E-state index < -0.39 is 0 Å². The number of benzene rings is 1. The zero-order chi connectivity index (χ0) is 13.1. The van der Waals surface area contributed by atoms with Crippen LogP contribution in [-0.4, -0.2) is 12.9 Å².